The highest BCUT2D eigenvalue weighted by molar-refractivity contribution is 7.98. The summed E-state index contributed by atoms with van der Waals surface area (Å²) in [6, 6.07) is 10.2. The molecule has 0 atom stereocenters. The van der Waals surface area contributed by atoms with Crippen LogP contribution in [0.25, 0.3) is 10.2 Å². The van der Waals surface area contributed by atoms with Crippen molar-refractivity contribution in [2.75, 3.05) is 6.61 Å². The summed E-state index contributed by atoms with van der Waals surface area (Å²) >= 11 is 2.67. The maximum absolute atomic E-state index is 12.7. The molecule has 0 aliphatic carbocycles. The Hall–Kier alpha value is -2.98. The van der Waals surface area contributed by atoms with E-state index in [9.17, 15) is 9.59 Å². The number of aryl methyl sites for hydroxylation is 1. The van der Waals surface area contributed by atoms with Crippen LogP contribution < -0.4 is 5.56 Å². The van der Waals surface area contributed by atoms with Gasteiger partial charge in [0.25, 0.3) is 5.56 Å². The molecule has 8 nitrogen and oxygen atoms in total. The van der Waals surface area contributed by atoms with Crippen molar-refractivity contribution in [1.29, 1.82) is 0 Å². The molecule has 0 fully saturated rings. The Morgan fingerprint density at radius 2 is 2.00 bits per heavy atom. The standard InChI is InChI=1S/C23H25N5O3S2/c1-4-11-28-17(12-15-9-7-6-8-10-15)26-27-23(28)32-13-16-24-20(29)18-14(3)19(22(30)31-5-2)33-21(18)25-16/h6-10H,4-5,11-13H2,1-3H3,(H,24,25,29). The zero-order chi connectivity index (χ0) is 23.4. The van der Waals surface area contributed by atoms with E-state index < -0.39 is 5.97 Å². The van der Waals surface area contributed by atoms with Gasteiger partial charge in [0.15, 0.2) is 5.16 Å². The third kappa shape index (κ3) is 5.01. The minimum atomic E-state index is -0.424. The third-order valence-electron chi connectivity index (χ3n) is 5.09. The summed E-state index contributed by atoms with van der Waals surface area (Å²) in [6.07, 6.45) is 1.67. The first-order valence-electron chi connectivity index (χ1n) is 10.8. The Morgan fingerprint density at radius 1 is 1.21 bits per heavy atom. The van der Waals surface area contributed by atoms with Crippen LogP contribution in [0, 0.1) is 6.92 Å². The summed E-state index contributed by atoms with van der Waals surface area (Å²) in [5, 5.41) is 10.0. The molecular formula is C23H25N5O3S2. The van der Waals surface area contributed by atoms with E-state index in [0.29, 0.717) is 38.7 Å². The number of carbonyl (C=O) groups is 1. The SMILES string of the molecule is CCCn1c(Cc2ccccc2)nnc1SCc1nc2sc(C(=O)OCC)c(C)c2c(=O)[nH]1. The van der Waals surface area contributed by atoms with E-state index >= 15 is 0 Å². The minimum Gasteiger partial charge on any atom is -0.462 e. The number of carbonyl (C=O) groups excluding carboxylic acids is 1. The smallest absolute Gasteiger partial charge is 0.348 e. The van der Waals surface area contributed by atoms with Crippen LogP contribution in [0.4, 0.5) is 0 Å². The van der Waals surface area contributed by atoms with E-state index in [1.165, 1.54) is 28.7 Å². The third-order valence-corrected chi connectivity index (χ3v) is 7.24. The van der Waals surface area contributed by atoms with Crippen molar-refractivity contribution in [1.82, 2.24) is 24.7 Å². The quantitative estimate of drug-likeness (QED) is 0.279. The molecule has 1 N–H and O–H groups in total. The molecule has 3 heterocycles. The van der Waals surface area contributed by atoms with E-state index in [0.717, 1.165) is 23.9 Å². The normalized spacial score (nSPS) is 11.2. The summed E-state index contributed by atoms with van der Waals surface area (Å²) in [6.45, 7) is 6.71. The molecule has 0 radical (unpaired) electrons. The fraction of sp³-hybridized carbons (Fsp3) is 0.348. The predicted molar refractivity (Wildman–Crippen MR) is 130 cm³/mol. The molecule has 0 spiro atoms. The Kier molecular flexibility index (Phi) is 7.24. The Morgan fingerprint density at radius 3 is 2.73 bits per heavy atom. The van der Waals surface area contributed by atoms with Crippen LogP contribution in [0.15, 0.2) is 40.3 Å². The van der Waals surface area contributed by atoms with Gasteiger partial charge >= 0.3 is 5.97 Å². The number of thioether (sulfide) groups is 1. The average Bonchev–Trinajstić information content (AvgIpc) is 3.34. The first-order valence-corrected chi connectivity index (χ1v) is 12.6. The lowest BCUT2D eigenvalue weighted by atomic mass is 10.1. The first kappa shape index (κ1) is 23.2. The summed E-state index contributed by atoms with van der Waals surface area (Å²) in [5.41, 5.74) is 1.54. The molecule has 33 heavy (non-hydrogen) atoms. The number of thiophene rings is 1. The lowest BCUT2D eigenvalue weighted by Gasteiger charge is -2.09. The number of rotatable bonds is 9. The van der Waals surface area contributed by atoms with Crippen LogP contribution in [0.5, 0.6) is 0 Å². The molecule has 10 heteroatoms. The Balaban J connectivity index is 1.57. The number of aromatic nitrogens is 5. The van der Waals surface area contributed by atoms with Gasteiger partial charge < -0.3 is 14.3 Å². The van der Waals surface area contributed by atoms with Gasteiger partial charge in [-0.15, -0.1) is 21.5 Å². The zero-order valence-corrected chi connectivity index (χ0v) is 20.4. The van der Waals surface area contributed by atoms with Gasteiger partial charge in [0, 0.05) is 13.0 Å². The van der Waals surface area contributed by atoms with Crippen molar-refractivity contribution in [2.45, 2.75) is 51.1 Å². The summed E-state index contributed by atoms with van der Waals surface area (Å²) < 4.78 is 7.23. The maximum Gasteiger partial charge on any atom is 0.348 e. The van der Waals surface area contributed by atoms with Gasteiger partial charge in [-0.1, -0.05) is 49.0 Å². The van der Waals surface area contributed by atoms with Gasteiger partial charge in [-0.3, -0.25) is 4.79 Å². The molecule has 4 aromatic rings. The largest absolute Gasteiger partial charge is 0.462 e. The minimum absolute atomic E-state index is 0.250. The monoisotopic (exact) mass is 483 g/mol. The highest BCUT2D eigenvalue weighted by Gasteiger charge is 2.20. The van der Waals surface area contributed by atoms with Crippen molar-refractivity contribution in [3.63, 3.8) is 0 Å². The Labute approximate surface area is 199 Å². The molecular weight excluding hydrogens is 458 g/mol. The zero-order valence-electron chi connectivity index (χ0n) is 18.8. The number of hydrogen-bond acceptors (Lipinski definition) is 8. The number of H-pyrrole nitrogens is 1. The molecule has 0 saturated carbocycles. The number of esters is 1. The highest BCUT2D eigenvalue weighted by Crippen LogP contribution is 2.29. The van der Waals surface area contributed by atoms with Gasteiger partial charge in [0.05, 0.1) is 17.7 Å². The second-order valence-electron chi connectivity index (χ2n) is 7.47. The second kappa shape index (κ2) is 10.3. The maximum atomic E-state index is 12.7. The van der Waals surface area contributed by atoms with E-state index in [1.54, 1.807) is 13.8 Å². The van der Waals surface area contributed by atoms with Crippen molar-refractivity contribution in [3.05, 3.63) is 68.3 Å². The Bertz CT molecular complexity index is 1330. The van der Waals surface area contributed by atoms with Gasteiger partial charge in [-0.2, -0.15) is 0 Å². The number of aromatic amines is 1. The van der Waals surface area contributed by atoms with E-state index in [2.05, 4.69) is 43.8 Å². The molecule has 172 valence electrons. The van der Waals surface area contributed by atoms with Crippen molar-refractivity contribution >= 4 is 39.3 Å². The highest BCUT2D eigenvalue weighted by atomic mass is 32.2. The molecule has 0 aliphatic rings. The number of hydrogen-bond donors (Lipinski definition) is 1. The number of benzene rings is 1. The lowest BCUT2D eigenvalue weighted by molar-refractivity contribution is 0.0531. The van der Waals surface area contributed by atoms with Crippen molar-refractivity contribution < 1.29 is 9.53 Å². The summed E-state index contributed by atoms with van der Waals surface area (Å²) in [4.78, 5) is 33.3. The topological polar surface area (TPSA) is 103 Å². The molecule has 0 aliphatic heterocycles. The van der Waals surface area contributed by atoms with E-state index in [1.807, 2.05) is 18.2 Å². The van der Waals surface area contributed by atoms with Crippen LogP contribution in [-0.4, -0.2) is 37.3 Å². The van der Waals surface area contributed by atoms with Gasteiger partial charge in [0.2, 0.25) is 0 Å². The number of nitrogens with zero attached hydrogens (tertiary/aromatic N) is 4. The van der Waals surface area contributed by atoms with Crippen molar-refractivity contribution in [3.8, 4) is 0 Å². The number of ether oxygens (including phenoxy) is 1. The summed E-state index contributed by atoms with van der Waals surface area (Å²) in [7, 11) is 0. The first-order chi connectivity index (χ1) is 16.0. The number of fused-ring (bicyclic) bond motifs is 1. The van der Waals surface area contributed by atoms with Crippen molar-refractivity contribution in [2.24, 2.45) is 0 Å². The lowest BCUT2D eigenvalue weighted by Crippen LogP contribution is -2.11. The molecule has 3 aromatic heterocycles. The van der Waals surface area contributed by atoms with Crippen LogP contribution in [0.2, 0.25) is 0 Å². The average molecular weight is 484 g/mol. The van der Waals surface area contributed by atoms with Crippen LogP contribution in [0.3, 0.4) is 0 Å². The van der Waals surface area contributed by atoms with Gasteiger partial charge in [-0.25, -0.2) is 9.78 Å². The fourth-order valence-electron chi connectivity index (χ4n) is 3.56. The van der Waals surface area contributed by atoms with Crippen LogP contribution in [-0.2, 0) is 23.5 Å². The van der Waals surface area contributed by atoms with Gasteiger partial charge in [-0.05, 0) is 31.4 Å². The predicted octanol–water partition coefficient (Wildman–Crippen LogP) is 4.35. The molecule has 0 unspecified atom stereocenters. The molecule has 0 saturated heterocycles. The van der Waals surface area contributed by atoms with E-state index in [4.69, 9.17) is 4.74 Å². The van der Waals surface area contributed by atoms with Crippen LogP contribution in [0.1, 0.15) is 52.7 Å². The summed E-state index contributed by atoms with van der Waals surface area (Å²) in [5.74, 6) is 1.46. The molecule has 4 rings (SSSR count). The fourth-order valence-corrected chi connectivity index (χ4v) is 5.51. The number of nitrogens with one attached hydrogen (secondary N) is 1. The molecule has 1 aromatic carbocycles. The van der Waals surface area contributed by atoms with Crippen LogP contribution >= 0.6 is 23.1 Å². The van der Waals surface area contributed by atoms with Gasteiger partial charge in [0.1, 0.15) is 21.4 Å². The van der Waals surface area contributed by atoms with E-state index in [-0.39, 0.29) is 12.2 Å². The second-order valence-corrected chi connectivity index (χ2v) is 9.41. The molecule has 0 amide bonds. The molecule has 0 bridgehead atoms.